The molecular formula is C21H22BrN3O2. The minimum absolute atomic E-state index is 0.414. The molecule has 27 heavy (non-hydrogen) atoms. The second kappa shape index (κ2) is 7.54. The Hall–Kier alpha value is -2.02. The van der Waals surface area contributed by atoms with Gasteiger partial charge < -0.3 is 0 Å². The zero-order chi connectivity index (χ0) is 19.0. The lowest BCUT2D eigenvalue weighted by molar-refractivity contribution is -0.114. The van der Waals surface area contributed by atoms with Crippen molar-refractivity contribution in [1.29, 1.82) is 0 Å². The summed E-state index contributed by atoms with van der Waals surface area (Å²) in [6.07, 6.45) is 0. The van der Waals surface area contributed by atoms with E-state index in [9.17, 15) is 9.59 Å². The van der Waals surface area contributed by atoms with Gasteiger partial charge in [-0.05, 0) is 40.0 Å². The first-order valence-electron chi connectivity index (χ1n) is 9.18. The molecule has 2 aliphatic heterocycles. The number of hydrogen-bond acceptors (Lipinski definition) is 4. The fraction of sp³-hybridized carbons (Fsp3) is 0.333. The molecule has 2 aromatic carbocycles. The van der Waals surface area contributed by atoms with Gasteiger partial charge in [-0.3, -0.25) is 24.3 Å². The lowest BCUT2D eigenvalue weighted by Crippen LogP contribution is -2.50. The number of halogens is 1. The summed E-state index contributed by atoms with van der Waals surface area (Å²) in [5.74, 6) is -0.841. The van der Waals surface area contributed by atoms with E-state index < -0.39 is 11.7 Å². The van der Waals surface area contributed by atoms with E-state index in [1.165, 1.54) is 5.56 Å². The van der Waals surface area contributed by atoms with Gasteiger partial charge in [0.25, 0.3) is 5.78 Å². The summed E-state index contributed by atoms with van der Waals surface area (Å²) in [6, 6.07) is 14.3. The number of anilines is 1. The van der Waals surface area contributed by atoms with Crippen molar-refractivity contribution in [2.45, 2.75) is 13.5 Å². The third-order valence-electron chi connectivity index (χ3n) is 5.33. The fourth-order valence-electron chi connectivity index (χ4n) is 3.72. The van der Waals surface area contributed by atoms with Gasteiger partial charge in [-0.25, -0.2) is 0 Å². The Morgan fingerprint density at radius 1 is 0.926 bits per heavy atom. The third-order valence-corrected chi connectivity index (χ3v) is 6.35. The van der Waals surface area contributed by atoms with E-state index in [1.807, 2.05) is 25.1 Å². The number of Topliss-reactive ketones (excluding diaryl/α,β-unsaturated/α-hetero) is 1. The molecule has 0 aliphatic carbocycles. The molecule has 0 aromatic heterocycles. The predicted octanol–water partition coefficient (Wildman–Crippen LogP) is 3.06. The van der Waals surface area contributed by atoms with Crippen molar-refractivity contribution < 1.29 is 9.59 Å². The number of aryl methyl sites for hydroxylation is 1. The zero-order valence-electron chi connectivity index (χ0n) is 15.3. The van der Waals surface area contributed by atoms with Crippen LogP contribution >= 0.6 is 15.9 Å². The molecule has 0 radical (unpaired) electrons. The van der Waals surface area contributed by atoms with Crippen molar-refractivity contribution in [3.8, 4) is 0 Å². The number of hydrogen-bond donors (Lipinski definition) is 0. The topological polar surface area (TPSA) is 43.9 Å². The molecule has 1 amide bonds. The van der Waals surface area contributed by atoms with Crippen LogP contribution in [0, 0.1) is 6.92 Å². The Bertz CT molecular complexity index is 876. The quantitative estimate of drug-likeness (QED) is 0.703. The summed E-state index contributed by atoms with van der Waals surface area (Å²) in [5.41, 5.74) is 3.50. The van der Waals surface area contributed by atoms with Gasteiger partial charge in [0.1, 0.15) is 0 Å². The van der Waals surface area contributed by atoms with Gasteiger partial charge in [-0.1, -0.05) is 36.4 Å². The fourth-order valence-corrected chi connectivity index (χ4v) is 4.24. The van der Waals surface area contributed by atoms with Crippen LogP contribution in [0.2, 0.25) is 0 Å². The first-order valence-corrected chi connectivity index (χ1v) is 9.98. The average Bonchev–Trinajstić information content (AvgIpc) is 2.92. The summed E-state index contributed by atoms with van der Waals surface area (Å²) < 4.78 is 0.730. The molecule has 2 heterocycles. The third kappa shape index (κ3) is 3.57. The van der Waals surface area contributed by atoms with Crippen LogP contribution < -0.4 is 4.90 Å². The van der Waals surface area contributed by atoms with Gasteiger partial charge in [-0.2, -0.15) is 0 Å². The van der Waals surface area contributed by atoms with Gasteiger partial charge in [0.05, 0.1) is 17.9 Å². The zero-order valence-corrected chi connectivity index (χ0v) is 16.9. The molecule has 2 aliphatic rings. The Morgan fingerprint density at radius 3 is 2.30 bits per heavy atom. The Kier molecular flexibility index (Phi) is 5.12. The molecule has 1 fully saturated rings. The molecule has 0 N–H and O–H groups in total. The lowest BCUT2D eigenvalue weighted by Gasteiger charge is -2.36. The van der Waals surface area contributed by atoms with E-state index in [0.29, 0.717) is 17.9 Å². The first kappa shape index (κ1) is 18.3. The van der Waals surface area contributed by atoms with Gasteiger partial charge in [0.15, 0.2) is 0 Å². The number of carbonyl (C=O) groups is 2. The molecule has 0 saturated carbocycles. The van der Waals surface area contributed by atoms with E-state index in [0.717, 1.165) is 42.8 Å². The van der Waals surface area contributed by atoms with Gasteiger partial charge >= 0.3 is 5.91 Å². The number of amides is 1. The number of ketones is 1. The van der Waals surface area contributed by atoms with E-state index in [-0.39, 0.29) is 0 Å². The van der Waals surface area contributed by atoms with Crippen molar-refractivity contribution in [2.24, 2.45) is 0 Å². The maximum atomic E-state index is 12.5. The molecule has 1 saturated heterocycles. The molecule has 6 heteroatoms. The van der Waals surface area contributed by atoms with Gasteiger partial charge in [-0.15, -0.1) is 0 Å². The number of piperazine rings is 1. The maximum Gasteiger partial charge on any atom is 0.300 e. The highest BCUT2D eigenvalue weighted by molar-refractivity contribution is 9.10. The summed E-state index contributed by atoms with van der Waals surface area (Å²) in [5, 5.41) is 0. The number of carbonyl (C=O) groups excluding carboxylic acids is 2. The smallest absolute Gasteiger partial charge is 0.297 e. The van der Waals surface area contributed by atoms with Crippen LogP contribution in [0.1, 0.15) is 21.5 Å². The SMILES string of the molecule is Cc1ccc2c(c1Br)C(=O)C(=O)N2CN1CCN(Cc2ccccc2)CC1. The van der Waals surface area contributed by atoms with Gasteiger partial charge in [0.2, 0.25) is 0 Å². The maximum absolute atomic E-state index is 12.5. The van der Waals surface area contributed by atoms with Gasteiger partial charge in [0, 0.05) is 37.2 Å². The predicted molar refractivity (Wildman–Crippen MR) is 109 cm³/mol. The Labute approximate surface area is 167 Å². The Morgan fingerprint density at radius 2 is 1.59 bits per heavy atom. The van der Waals surface area contributed by atoms with Crippen molar-refractivity contribution in [1.82, 2.24) is 9.80 Å². The summed E-state index contributed by atoms with van der Waals surface area (Å²) in [4.78, 5) is 31.2. The van der Waals surface area contributed by atoms with E-state index in [4.69, 9.17) is 0 Å². The monoisotopic (exact) mass is 427 g/mol. The van der Waals surface area contributed by atoms with Crippen LogP contribution in [-0.4, -0.2) is 54.3 Å². The largest absolute Gasteiger partial charge is 0.300 e. The van der Waals surface area contributed by atoms with Crippen LogP contribution in [0.4, 0.5) is 5.69 Å². The van der Waals surface area contributed by atoms with Crippen LogP contribution in [0.15, 0.2) is 46.9 Å². The number of rotatable bonds is 4. The highest BCUT2D eigenvalue weighted by Crippen LogP contribution is 2.36. The minimum Gasteiger partial charge on any atom is -0.297 e. The number of nitrogens with zero attached hydrogens (tertiary/aromatic N) is 3. The summed E-state index contributed by atoms with van der Waals surface area (Å²) >= 11 is 3.47. The molecule has 0 atom stereocenters. The second-order valence-electron chi connectivity index (χ2n) is 7.17. The molecule has 0 bridgehead atoms. The lowest BCUT2D eigenvalue weighted by atomic mass is 10.1. The first-order chi connectivity index (χ1) is 13.0. The van der Waals surface area contributed by atoms with Crippen molar-refractivity contribution in [3.05, 3.63) is 63.6 Å². The minimum atomic E-state index is -0.428. The van der Waals surface area contributed by atoms with Crippen molar-refractivity contribution in [2.75, 3.05) is 37.7 Å². The van der Waals surface area contributed by atoms with Crippen LogP contribution in [0.3, 0.4) is 0 Å². The van der Waals surface area contributed by atoms with Crippen LogP contribution in [-0.2, 0) is 11.3 Å². The summed E-state index contributed by atoms with van der Waals surface area (Å²) in [7, 11) is 0. The van der Waals surface area contributed by atoms with Crippen LogP contribution in [0.25, 0.3) is 0 Å². The van der Waals surface area contributed by atoms with E-state index in [2.05, 4.69) is 50.0 Å². The standard InChI is InChI=1S/C21H22BrN3O2/c1-15-7-8-17-18(19(15)22)20(26)21(27)25(17)14-24-11-9-23(10-12-24)13-16-5-3-2-4-6-16/h2-8H,9-14H2,1H3. The normalized spacial score (nSPS) is 18.2. The van der Waals surface area contributed by atoms with E-state index >= 15 is 0 Å². The number of fused-ring (bicyclic) bond motifs is 1. The van der Waals surface area contributed by atoms with E-state index in [1.54, 1.807) is 4.90 Å². The average molecular weight is 428 g/mol. The molecular weight excluding hydrogens is 406 g/mol. The molecule has 2 aromatic rings. The molecule has 140 valence electrons. The Balaban J connectivity index is 1.41. The molecule has 0 unspecified atom stereocenters. The molecule has 0 spiro atoms. The number of benzene rings is 2. The van der Waals surface area contributed by atoms with Crippen LogP contribution in [0.5, 0.6) is 0 Å². The highest BCUT2D eigenvalue weighted by atomic mass is 79.9. The van der Waals surface area contributed by atoms with Crippen molar-refractivity contribution >= 4 is 33.3 Å². The molecule has 4 rings (SSSR count). The summed E-state index contributed by atoms with van der Waals surface area (Å²) in [6.45, 7) is 7.01. The highest BCUT2D eigenvalue weighted by Gasteiger charge is 2.38. The van der Waals surface area contributed by atoms with Crippen molar-refractivity contribution in [3.63, 3.8) is 0 Å². The second-order valence-corrected chi connectivity index (χ2v) is 7.97. The molecule has 5 nitrogen and oxygen atoms in total.